The van der Waals surface area contributed by atoms with Crippen LogP contribution in [0, 0.1) is 0 Å². The van der Waals surface area contributed by atoms with Gasteiger partial charge in [0.25, 0.3) is 0 Å². The Hall–Kier alpha value is -3.26. The molecule has 0 atom stereocenters. The highest BCUT2D eigenvalue weighted by atomic mass is 16.3. The molecule has 0 spiro atoms. The van der Waals surface area contributed by atoms with Gasteiger partial charge < -0.3 is 10.2 Å². The van der Waals surface area contributed by atoms with E-state index in [0.29, 0.717) is 0 Å². The Labute approximate surface area is 140 Å². The van der Waals surface area contributed by atoms with Crippen LogP contribution in [0.15, 0.2) is 84.9 Å². The van der Waals surface area contributed by atoms with Gasteiger partial charge in [-0.1, -0.05) is 60.7 Å². The van der Waals surface area contributed by atoms with Crippen molar-refractivity contribution >= 4 is 10.8 Å². The smallest absolute Gasteiger partial charge is 0.123 e. The van der Waals surface area contributed by atoms with Crippen LogP contribution in [0.1, 0.15) is 0 Å². The molecule has 0 fully saturated rings. The zero-order valence-electron chi connectivity index (χ0n) is 13.0. The quantitative estimate of drug-likeness (QED) is 0.507. The van der Waals surface area contributed by atoms with Crippen molar-refractivity contribution in [3.63, 3.8) is 0 Å². The average Bonchev–Trinajstić information content (AvgIpc) is 2.62. The van der Waals surface area contributed by atoms with Gasteiger partial charge in [-0.05, 0) is 46.3 Å². The van der Waals surface area contributed by atoms with Crippen LogP contribution >= 0.6 is 0 Å². The third kappa shape index (κ3) is 2.48. The lowest BCUT2D eigenvalue weighted by Crippen LogP contribution is -1.83. The van der Waals surface area contributed by atoms with Gasteiger partial charge in [-0.2, -0.15) is 0 Å². The summed E-state index contributed by atoms with van der Waals surface area (Å²) in [5, 5.41) is 22.0. The summed E-state index contributed by atoms with van der Waals surface area (Å²) in [6, 6.07) is 26.9. The summed E-state index contributed by atoms with van der Waals surface area (Å²) in [6.07, 6.45) is 0. The lowest BCUT2D eigenvalue weighted by Gasteiger charge is -2.09. The molecule has 2 N–H and O–H groups in total. The maximum atomic E-state index is 10.1. The molecule has 0 saturated carbocycles. The van der Waals surface area contributed by atoms with Crippen molar-refractivity contribution in [1.29, 1.82) is 0 Å². The zero-order valence-corrected chi connectivity index (χ0v) is 13.0. The first kappa shape index (κ1) is 14.3. The van der Waals surface area contributed by atoms with Crippen LogP contribution in [0.3, 0.4) is 0 Å². The largest absolute Gasteiger partial charge is 0.507 e. The Bertz CT molecular complexity index is 1030. The topological polar surface area (TPSA) is 40.5 Å². The number of aromatic hydroxyl groups is 2. The molecule has 2 nitrogen and oxygen atoms in total. The molecular formula is C22H16O2. The normalized spacial score (nSPS) is 10.8. The van der Waals surface area contributed by atoms with Crippen molar-refractivity contribution in [3.05, 3.63) is 84.9 Å². The fraction of sp³-hybridized carbons (Fsp3) is 0. The molecule has 2 heteroatoms. The molecule has 0 aliphatic rings. The lowest BCUT2D eigenvalue weighted by molar-refractivity contribution is 0.477. The first-order chi connectivity index (χ1) is 11.7. The minimum atomic E-state index is 0.269. The number of fused-ring (bicyclic) bond motifs is 1. The molecule has 4 rings (SSSR count). The molecular weight excluding hydrogens is 296 g/mol. The van der Waals surface area contributed by atoms with Crippen LogP contribution in [-0.2, 0) is 0 Å². The predicted octanol–water partition coefficient (Wildman–Crippen LogP) is 5.59. The van der Waals surface area contributed by atoms with E-state index in [-0.39, 0.29) is 11.5 Å². The second kappa shape index (κ2) is 5.74. The van der Waals surface area contributed by atoms with E-state index in [2.05, 4.69) is 6.07 Å². The van der Waals surface area contributed by atoms with Crippen molar-refractivity contribution in [3.8, 4) is 33.8 Å². The summed E-state index contributed by atoms with van der Waals surface area (Å²) in [7, 11) is 0. The monoisotopic (exact) mass is 312 g/mol. The third-order valence-corrected chi connectivity index (χ3v) is 4.27. The number of benzene rings is 4. The van der Waals surface area contributed by atoms with Gasteiger partial charge in [0.05, 0.1) is 0 Å². The number of hydrogen-bond donors (Lipinski definition) is 2. The maximum Gasteiger partial charge on any atom is 0.123 e. The van der Waals surface area contributed by atoms with Gasteiger partial charge >= 0.3 is 0 Å². The number of phenols is 2. The Morgan fingerprint density at radius 3 is 2.08 bits per heavy atom. The summed E-state index contributed by atoms with van der Waals surface area (Å²) in [5.41, 5.74) is 3.84. The number of rotatable bonds is 2. The van der Waals surface area contributed by atoms with Crippen molar-refractivity contribution in [2.75, 3.05) is 0 Å². The Balaban J connectivity index is 1.85. The molecule has 0 aliphatic carbocycles. The fourth-order valence-corrected chi connectivity index (χ4v) is 3.02. The summed E-state index contributed by atoms with van der Waals surface area (Å²) in [5.74, 6) is 0.553. The van der Waals surface area contributed by atoms with E-state index in [1.807, 2.05) is 66.7 Å². The SMILES string of the molecule is Oc1ccccc1-c1cccc(-c2ccc3cccc(O)c3c2)c1. The van der Waals surface area contributed by atoms with Crippen LogP contribution < -0.4 is 0 Å². The van der Waals surface area contributed by atoms with E-state index in [1.165, 1.54) is 0 Å². The Kier molecular flexibility index (Phi) is 3.43. The van der Waals surface area contributed by atoms with Crippen molar-refractivity contribution < 1.29 is 10.2 Å². The number of hydrogen-bond acceptors (Lipinski definition) is 2. The van der Waals surface area contributed by atoms with Gasteiger partial charge in [0.1, 0.15) is 11.5 Å². The van der Waals surface area contributed by atoms with Crippen LogP contribution in [0.25, 0.3) is 33.0 Å². The third-order valence-electron chi connectivity index (χ3n) is 4.27. The van der Waals surface area contributed by atoms with Crippen LogP contribution in [0.2, 0.25) is 0 Å². The molecule has 0 heterocycles. The molecule has 0 aliphatic heterocycles. The van der Waals surface area contributed by atoms with E-state index in [1.54, 1.807) is 12.1 Å². The minimum absolute atomic E-state index is 0.269. The van der Waals surface area contributed by atoms with Crippen molar-refractivity contribution in [1.82, 2.24) is 0 Å². The molecule has 0 saturated heterocycles. The van der Waals surface area contributed by atoms with Gasteiger partial charge in [-0.15, -0.1) is 0 Å². The van der Waals surface area contributed by atoms with E-state index in [0.717, 1.165) is 33.0 Å². The minimum Gasteiger partial charge on any atom is -0.507 e. The highest BCUT2D eigenvalue weighted by Crippen LogP contribution is 2.34. The second-order valence-corrected chi connectivity index (χ2v) is 5.81. The van der Waals surface area contributed by atoms with E-state index in [4.69, 9.17) is 0 Å². The molecule has 4 aromatic carbocycles. The summed E-state index contributed by atoms with van der Waals surface area (Å²) in [4.78, 5) is 0. The number of para-hydroxylation sites is 1. The number of phenolic OH excluding ortho intramolecular Hbond substituents is 2. The standard InChI is InChI=1S/C22H16O2/c23-21-9-2-1-8-19(21)18-7-3-6-16(13-18)17-12-11-15-5-4-10-22(24)20(15)14-17/h1-14,23-24H. The lowest BCUT2D eigenvalue weighted by atomic mass is 9.97. The molecule has 4 aromatic rings. The molecule has 0 radical (unpaired) electrons. The van der Waals surface area contributed by atoms with Gasteiger partial charge in [-0.25, -0.2) is 0 Å². The second-order valence-electron chi connectivity index (χ2n) is 5.81. The zero-order chi connectivity index (χ0) is 16.5. The van der Waals surface area contributed by atoms with E-state index in [9.17, 15) is 10.2 Å². The van der Waals surface area contributed by atoms with Gasteiger partial charge in [0.2, 0.25) is 0 Å². The Morgan fingerprint density at radius 2 is 1.21 bits per heavy atom. The van der Waals surface area contributed by atoms with Gasteiger partial charge in [0, 0.05) is 10.9 Å². The summed E-state index contributed by atoms with van der Waals surface area (Å²) < 4.78 is 0. The summed E-state index contributed by atoms with van der Waals surface area (Å²) in [6.45, 7) is 0. The fourth-order valence-electron chi connectivity index (χ4n) is 3.02. The highest BCUT2D eigenvalue weighted by molar-refractivity contribution is 5.92. The molecule has 116 valence electrons. The van der Waals surface area contributed by atoms with Crippen LogP contribution in [-0.4, -0.2) is 10.2 Å². The molecule has 24 heavy (non-hydrogen) atoms. The van der Waals surface area contributed by atoms with Crippen LogP contribution in [0.4, 0.5) is 0 Å². The first-order valence-corrected chi connectivity index (χ1v) is 7.83. The first-order valence-electron chi connectivity index (χ1n) is 7.83. The highest BCUT2D eigenvalue weighted by Gasteiger charge is 2.07. The molecule has 0 amide bonds. The van der Waals surface area contributed by atoms with Crippen molar-refractivity contribution in [2.24, 2.45) is 0 Å². The van der Waals surface area contributed by atoms with Crippen LogP contribution in [0.5, 0.6) is 11.5 Å². The van der Waals surface area contributed by atoms with E-state index < -0.39 is 0 Å². The maximum absolute atomic E-state index is 10.1. The van der Waals surface area contributed by atoms with Gasteiger partial charge in [-0.3, -0.25) is 0 Å². The van der Waals surface area contributed by atoms with Crippen molar-refractivity contribution in [2.45, 2.75) is 0 Å². The predicted molar refractivity (Wildman–Crippen MR) is 98.1 cm³/mol. The molecule has 0 aromatic heterocycles. The molecule has 0 bridgehead atoms. The van der Waals surface area contributed by atoms with E-state index >= 15 is 0 Å². The van der Waals surface area contributed by atoms with Gasteiger partial charge in [0.15, 0.2) is 0 Å². The summed E-state index contributed by atoms with van der Waals surface area (Å²) >= 11 is 0. The average molecular weight is 312 g/mol. The Morgan fingerprint density at radius 1 is 0.500 bits per heavy atom. The molecule has 0 unspecified atom stereocenters.